The van der Waals surface area contributed by atoms with Crippen molar-refractivity contribution in [1.29, 1.82) is 0 Å². The molecule has 0 aliphatic heterocycles. The number of benzene rings is 1. The molecule has 0 fully saturated rings. The van der Waals surface area contributed by atoms with Crippen molar-refractivity contribution < 1.29 is 4.79 Å². The number of nitrogens with one attached hydrogen (secondary N) is 1. The largest absolute Gasteiger partial charge is 0.304 e. The molecule has 0 amide bonds. The lowest BCUT2D eigenvalue weighted by molar-refractivity contribution is -0.118. The fourth-order valence-electron chi connectivity index (χ4n) is 1.26. The molecule has 0 saturated heterocycles. The Bertz CT molecular complexity index is 338. The Kier molecular flexibility index (Phi) is 4.85. The van der Waals surface area contributed by atoms with E-state index in [2.05, 4.69) is 23.7 Å². The van der Waals surface area contributed by atoms with Crippen LogP contribution in [0.15, 0.2) is 29.2 Å². The summed E-state index contributed by atoms with van der Waals surface area (Å²) in [7, 11) is 0. The normalized spacial score (nSPS) is 12.5. The number of carbonyl (C=O) groups excluding carboxylic acids is 1. The SMILES string of the molecule is CSc1ccccc1CNC(C)C(C)=O. The monoisotopic (exact) mass is 223 g/mol. The van der Waals surface area contributed by atoms with Gasteiger partial charge in [0.1, 0.15) is 5.78 Å². The fourth-order valence-corrected chi connectivity index (χ4v) is 1.87. The summed E-state index contributed by atoms with van der Waals surface area (Å²) < 4.78 is 0. The number of ketones is 1. The summed E-state index contributed by atoms with van der Waals surface area (Å²) >= 11 is 1.73. The van der Waals surface area contributed by atoms with Crippen LogP contribution in [0.5, 0.6) is 0 Å². The summed E-state index contributed by atoms with van der Waals surface area (Å²) in [5.41, 5.74) is 1.25. The van der Waals surface area contributed by atoms with Crippen LogP contribution in [0.25, 0.3) is 0 Å². The topological polar surface area (TPSA) is 29.1 Å². The molecule has 0 radical (unpaired) electrons. The summed E-state index contributed by atoms with van der Waals surface area (Å²) in [6, 6.07) is 8.17. The first-order valence-electron chi connectivity index (χ1n) is 5.01. The highest BCUT2D eigenvalue weighted by molar-refractivity contribution is 7.98. The van der Waals surface area contributed by atoms with Gasteiger partial charge in [-0.1, -0.05) is 18.2 Å². The van der Waals surface area contributed by atoms with Crippen molar-refractivity contribution in [2.75, 3.05) is 6.26 Å². The van der Waals surface area contributed by atoms with Gasteiger partial charge in [-0.2, -0.15) is 0 Å². The Morgan fingerprint density at radius 3 is 2.73 bits per heavy atom. The first kappa shape index (κ1) is 12.3. The highest BCUT2D eigenvalue weighted by Gasteiger charge is 2.07. The second-order valence-corrected chi connectivity index (χ2v) is 4.37. The molecule has 0 saturated carbocycles. The van der Waals surface area contributed by atoms with E-state index in [-0.39, 0.29) is 11.8 Å². The number of hydrogen-bond donors (Lipinski definition) is 1. The van der Waals surface area contributed by atoms with Gasteiger partial charge in [0.15, 0.2) is 0 Å². The number of thioether (sulfide) groups is 1. The van der Waals surface area contributed by atoms with Crippen LogP contribution in [0, 0.1) is 0 Å². The van der Waals surface area contributed by atoms with Crippen molar-refractivity contribution in [1.82, 2.24) is 5.32 Å². The Labute approximate surface area is 95.5 Å². The maximum Gasteiger partial charge on any atom is 0.146 e. The number of rotatable bonds is 5. The molecule has 1 atom stereocenters. The van der Waals surface area contributed by atoms with Crippen LogP contribution < -0.4 is 5.32 Å². The molecule has 1 aromatic carbocycles. The molecule has 0 spiro atoms. The van der Waals surface area contributed by atoms with E-state index in [0.29, 0.717) is 0 Å². The Morgan fingerprint density at radius 1 is 1.47 bits per heavy atom. The summed E-state index contributed by atoms with van der Waals surface area (Å²) in [4.78, 5) is 12.3. The zero-order valence-corrected chi connectivity index (χ0v) is 10.2. The van der Waals surface area contributed by atoms with E-state index in [4.69, 9.17) is 0 Å². The minimum Gasteiger partial charge on any atom is -0.304 e. The van der Waals surface area contributed by atoms with E-state index >= 15 is 0 Å². The highest BCUT2D eigenvalue weighted by Crippen LogP contribution is 2.19. The standard InChI is InChI=1S/C12H17NOS/c1-9(10(2)14)13-8-11-6-4-5-7-12(11)15-3/h4-7,9,13H,8H2,1-3H3. The van der Waals surface area contributed by atoms with Crippen LogP contribution in [-0.4, -0.2) is 18.1 Å². The van der Waals surface area contributed by atoms with Crippen molar-refractivity contribution in [3.05, 3.63) is 29.8 Å². The third-order valence-electron chi connectivity index (χ3n) is 2.40. The van der Waals surface area contributed by atoms with Gasteiger partial charge in [0.25, 0.3) is 0 Å². The molecule has 1 aromatic rings. The molecule has 2 nitrogen and oxygen atoms in total. The number of Topliss-reactive ketones (excluding diaryl/α,β-unsaturated/α-hetero) is 1. The van der Waals surface area contributed by atoms with Crippen LogP contribution in [0.4, 0.5) is 0 Å². The molecule has 3 heteroatoms. The fraction of sp³-hybridized carbons (Fsp3) is 0.417. The molecule has 1 unspecified atom stereocenters. The predicted molar refractivity (Wildman–Crippen MR) is 65.2 cm³/mol. The van der Waals surface area contributed by atoms with Crippen molar-refractivity contribution in [2.45, 2.75) is 31.3 Å². The maximum absolute atomic E-state index is 11.1. The molecular formula is C12H17NOS. The third kappa shape index (κ3) is 3.68. The second kappa shape index (κ2) is 5.93. The van der Waals surface area contributed by atoms with Gasteiger partial charge in [-0.3, -0.25) is 4.79 Å². The van der Waals surface area contributed by atoms with E-state index < -0.39 is 0 Å². The lowest BCUT2D eigenvalue weighted by atomic mass is 10.2. The van der Waals surface area contributed by atoms with E-state index in [9.17, 15) is 4.79 Å². The summed E-state index contributed by atoms with van der Waals surface area (Å²) in [6.07, 6.45) is 2.06. The number of hydrogen-bond acceptors (Lipinski definition) is 3. The highest BCUT2D eigenvalue weighted by atomic mass is 32.2. The summed E-state index contributed by atoms with van der Waals surface area (Å²) in [5, 5.41) is 3.21. The van der Waals surface area contributed by atoms with Crippen molar-refractivity contribution in [2.24, 2.45) is 0 Å². The molecule has 0 aromatic heterocycles. The average Bonchev–Trinajstić information content (AvgIpc) is 2.26. The van der Waals surface area contributed by atoms with Gasteiger partial charge in [0.05, 0.1) is 6.04 Å². The number of carbonyl (C=O) groups is 1. The van der Waals surface area contributed by atoms with Crippen LogP contribution in [0.2, 0.25) is 0 Å². The lowest BCUT2D eigenvalue weighted by Crippen LogP contribution is -2.31. The molecule has 82 valence electrons. The summed E-state index contributed by atoms with van der Waals surface area (Å²) in [5.74, 6) is 0.177. The Hall–Kier alpha value is -0.800. The van der Waals surface area contributed by atoms with Gasteiger partial charge in [-0.15, -0.1) is 11.8 Å². The van der Waals surface area contributed by atoms with Gasteiger partial charge >= 0.3 is 0 Å². The van der Waals surface area contributed by atoms with Gasteiger partial charge in [-0.25, -0.2) is 0 Å². The van der Waals surface area contributed by atoms with Crippen LogP contribution in [-0.2, 0) is 11.3 Å². The second-order valence-electron chi connectivity index (χ2n) is 3.53. The van der Waals surface area contributed by atoms with Crippen LogP contribution >= 0.6 is 11.8 Å². The van der Waals surface area contributed by atoms with Crippen LogP contribution in [0.3, 0.4) is 0 Å². The Morgan fingerprint density at radius 2 is 2.13 bits per heavy atom. The zero-order chi connectivity index (χ0) is 11.3. The molecule has 0 bridgehead atoms. The average molecular weight is 223 g/mol. The van der Waals surface area contributed by atoms with E-state index in [1.54, 1.807) is 18.7 Å². The third-order valence-corrected chi connectivity index (χ3v) is 3.24. The molecule has 0 heterocycles. The van der Waals surface area contributed by atoms with Gasteiger partial charge in [0.2, 0.25) is 0 Å². The molecular weight excluding hydrogens is 206 g/mol. The van der Waals surface area contributed by atoms with Crippen molar-refractivity contribution in [3.63, 3.8) is 0 Å². The van der Waals surface area contributed by atoms with Gasteiger partial charge in [0, 0.05) is 11.4 Å². The molecule has 0 aliphatic rings. The summed E-state index contributed by atoms with van der Waals surface area (Å²) in [6.45, 7) is 4.25. The van der Waals surface area contributed by atoms with Crippen LogP contribution in [0.1, 0.15) is 19.4 Å². The predicted octanol–water partition coefficient (Wildman–Crippen LogP) is 2.48. The van der Waals surface area contributed by atoms with Crippen molar-refractivity contribution in [3.8, 4) is 0 Å². The quantitative estimate of drug-likeness (QED) is 0.778. The lowest BCUT2D eigenvalue weighted by Gasteiger charge is -2.12. The minimum absolute atomic E-state index is 0.0695. The van der Waals surface area contributed by atoms with E-state index in [1.807, 2.05) is 19.1 Å². The van der Waals surface area contributed by atoms with E-state index in [1.165, 1.54) is 10.5 Å². The van der Waals surface area contributed by atoms with Gasteiger partial charge < -0.3 is 5.32 Å². The van der Waals surface area contributed by atoms with Crippen molar-refractivity contribution >= 4 is 17.5 Å². The van der Waals surface area contributed by atoms with Gasteiger partial charge in [-0.05, 0) is 31.7 Å². The van der Waals surface area contributed by atoms with E-state index in [0.717, 1.165) is 6.54 Å². The molecule has 15 heavy (non-hydrogen) atoms. The zero-order valence-electron chi connectivity index (χ0n) is 9.41. The molecule has 1 rings (SSSR count). The molecule has 1 N–H and O–H groups in total. The first-order valence-corrected chi connectivity index (χ1v) is 6.23. The Balaban J connectivity index is 2.60. The minimum atomic E-state index is -0.0695. The maximum atomic E-state index is 11.1. The first-order chi connectivity index (χ1) is 7.15. The molecule has 0 aliphatic carbocycles. The smallest absolute Gasteiger partial charge is 0.146 e.